The van der Waals surface area contributed by atoms with Gasteiger partial charge in [0.15, 0.2) is 5.82 Å². The molecule has 3 aliphatic heterocycles. The van der Waals surface area contributed by atoms with Gasteiger partial charge in [-0.1, -0.05) is 25.3 Å². The number of hydrogen-bond acceptors (Lipinski definition) is 10. The molecule has 2 atom stereocenters. The highest BCUT2D eigenvalue weighted by Crippen LogP contribution is 2.49. The first-order valence-corrected chi connectivity index (χ1v) is 17.9. The van der Waals surface area contributed by atoms with Gasteiger partial charge in [0.25, 0.3) is 0 Å². The minimum atomic E-state index is -0.791. The van der Waals surface area contributed by atoms with Gasteiger partial charge in [-0.05, 0) is 62.2 Å². The van der Waals surface area contributed by atoms with Crippen molar-refractivity contribution >= 4 is 27.5 Å². The summed E-state index contributed by atoms with van der Waals surface area (Å²) in [4.78, 5) is 18.9. The van der Waals surface area contributed by atoms with Gasteiger partial charge in [0.1, 0.15) is 34.0 Å². The number of piperidine rings is 1. The molecule has 5 heterocycles. The Morgan fingerprint density at radius 2 is 1.86 bits per heavy atom. The van der Waals surface area contributed by atoms with E-state index in [1.807, 2.05) is 4.90 Å². The third-order valence-corrected chi connectivity index (χ3v) is 11.3. The molecule has 0 spiro atoms. The number of ether oxygens (including phenoxy) is 4. The molecular formula is C39H43F2N5O5. The minimum Gasteiger partial charge on any atom is -0.508 e. The van der Waals surface area contributed by atoms with E-state index in [1.165, 1.54) is 31.4 Å². The summed E-state index contributed by atoms with van der Waals surface area (Å²) in [5.41, 5.74) is -0.0876. The molecule has 4 aromatic rings. The number of phenols is 1. The van der Waals surface area contributed by atoms with E-state index in [0.717, 1.165) is 64.8 Å². The number of benzene rings is 2. The van der Waals surface area contributed by atoms with Crippen LogP contribution in [0.4, 0.5) is 14.6 Å². The Bertz CT molecular complexity index is 2030. The first-order valence-electron chi connectivity index (χ1n) is 17.9. The maximum atomic E-state index is 17.2. The van der Waals surface area contributed by atoms with Crippen LogP contribution in [0.3, 0.4) is 0 Å². The van der Waals surface area contributed by atoms with Crippen LogP contribution in [0.15, 0.2) is 24.3 Å². The molecule has 3 saturated heterocycles. The van der Waals surface area contributed by atoms with E-state index in [4.69, 9.17) is 35.3 Å². The van der Waals surface area contributed by atoms with Crippen molar-refractivity contribution in [1.29, 1.82) is 0 Å². The maximum absolute atomic E-state index is 17.2. The lowest BCUT2D eigenvalue weighted by Gasteiger charge is -2.50. The minimum absolute atomic E-state index is 0.0548. The first kappa shape index (κ1) is 33.8. The zero-order valence-electron chi connectivity index (χ0n) is 29.1. The van der Waals surface area contributed by atoms with Crippen molar-refractivity contribution in [2.24, 2.45) is 10.8 Å². The van der Waals surface area contributed by atoms with E-state index in [2.05, 4.69) is 22.7 Å². The van der Waals surface area contributed by atoms with Crippen molar-refractivity contribution < 1.29 is 32.8 Å². The molecule has 1 aliphatic carbocycles. The maximum Gasteiger partial charge on any atom is 0.319 e. The molecule has 10 nitrogen and oxygen atoms in total. The Morgan fingerprint density at radius 3 is 2.65 bits per heavy atom. The van der Waals surface area contributed by atoms with Gasteiger partial charge in [0.2, 0.25) is 5.88 Å². The fraction of sp³-hybridized carbons (Fsp3) is 0.513. The van der Waals surface area contributed by atoms with Gasteiger partial charge < -0.3 is 29.0 Å². The number of phenolic OH excluding ortho intramolecular Hbond substituents is 1. The van der Waals surface area contributed by atoms with E-state index in [-0.39, 0.29) is 61.6 Å². The summed E-state index contributed by atoms with van der Waals surface area (Å²) in [5, 5.41) is 11.7. The van der Waals surface area contributed by atoms with Crippen molar-refractivity contribution in [2.75, 3.05) is 71.2 Å². The van der Waals surface area contributed by atoms with Gasteiger partial charge >= 0.3 is 6.01 Å². The summed E-state index contributed by atoms with van der Waals surface area (Å²) in [7, 11) is 1.45. The Morgan fingerprint density at radius 1 is 1.02 bits per heavy atom. The predicted molar refractivity (Wildman–Crippen MR) is 189 cm³/mol. The molecule has 12 heteroatoms. The van der Waals surface area contributed by atoms with Gasteiger partial charge in [0.05, 0.1) is 39.1 Å². The van der Waals surface area contributed by atoms with Gasteiger partial charge in [-0.15, -0.1) is 6.42 Å². The van der Waals surface area contributed by atoms with Crippen LogP contribution in [0, 0.1) is 34.8 Å². The number of halogens is 2. The number of aromatic hydroxyl groups is 1. The van der Waals surface area contributed by atoms with Crippen LogP contribution in [0.5, 0.6) is 17.6 Å². The smallest absolute Gasteiger partial charge is 0.319 e. The van der Waals surface area contributed by atoms with E-state index in [0.29, 0.717) is 50.2 Å². The number of aromatic nitrogens is 3. The van der Waals surface area contributed by atoms with Crippen molar-refractivity contribution in [3.8, 4) is 41.2 Å². The summed E-state index contributed by atoms with van der Waals surface area (Å²) >= 11 is 0. The van der Waals surface area contributed by atoms with Gasteiger partial charge in [-0.25, -0.2) is 13.8 Å². The molecule has 1 saturated carbocycles. The summed E-state index contributed by atoms with van der Waals surface area (Å²) < 4.78 is 55.9. The molecule has 0 unspecified atom stereocenters. The highest BCUT2D eigenvalue weighted by atomic mass is 19.1. The second kappa shape index (κ2) is 13.3. The lowest BCUT2D eigenvalue weighted by Crippen LogP contribution is -2.57. The number of anilines is 1. The van der Waals surface area contributed by atoms with Crippen LogP contribution in [0.25, 0.3) is 32.9 Å². The lowest BCUT2D eigenvalue weighted by atomic mass is 9.74. The topological polar surface area (TPSA) is 102 Å². The summed E-state index contributed by atoms with van der Waals surface area (Å²) in [6.45, 7) is 8.55. The molecule has 4 aliphatic rings. The molecule has 268 valence electrons. The zero-order valence-corrected chi connectivity index (χ0v) is 29.1. The second-order valence-electron chi connectivity index (χ2n) is 14.9. The van der Waals surface area contributed by atoms with E-state index in [1.54, 1.807) is 0 Å². The number of methoxy groups -OCH3 is 1. The Kier molecular flexibility index (Phi) is 8.85. The van der Waals surface area contributed by atoms with Crippen LogP contribution in [-0.4, -0.2) is 97.3 Å². The number of likely N-dealkylation sites (tertiary alicyclic amines) is 1. The number of pyridine rings is 1. The van der Waals surface area contributed by atoms with E-state index >= 15 is 8.78 Å². The molecule has 0 radical (unpaired) electrons. The second-order valence-corrected chi connectivity index (χ2v) is 14.9. The van der Waals surface area contributed by atoms with Gasteiger partial charge in [-0.3, -0.25) is 4.90 Å². The molecule has 0 bridgehead atoms. The van der Waals surface area contributed by atoms with Crippen molar-refractivity contribution in [2.45, 2.75) is 51.5 Å². The van der Waals surface area contributed by atoms with Crippen LogP contribution in [0.2, 0.25) is 0 Å². The average molecular weight is 700 g/mol. The van der Waals surface area contributed by atoms with Crippen molar-refractivity contribution in [3.05, 3.63) is 41.5 Å². The Balaban J connectivity index is 1.25. The van der Waals surface area contributed by atoms with Gasteiger partial charge in [0, 0.05) is 54.1 Å². The van der Waals surface area contributed by atoms with E-state index in [9.17, 15) is 5.11 Å². The normalized spacial score (nSPS) is 23.4. The molecule has 2 aromatic carbocycles. The molecule has 51 heavy (non-hydrogen) atoms. The number of rotatable bonds is 8. The number of nitrogens with zero attached hydrogens (tertiary/aromatic N) is 5. The summed E-state index contributed by atoms with van der Waals surface area (Å²) in [6.07, 6.45) is 11.9. The standard InChI is InChI=1S/C39H43F2N5O5/c1-4-26-28(40)10-9-24-18-25(47)19-27(30(24)26)33-32(41)34-31(36(42-33)48-3)35(45-14-7-16-49-17-15-45)44-37(43-34)51-23-39-11-5-8-29(39)46(13-6-12-39)20-38(2)21-50-22-38/h1,9-10,18-19,29,47H,5-8,11-17,20-23H2,2-3H3/t29-,39-/m1/s1. The van der Waals surface area contributed by atoms with Crippen molar-refractivity contribution in [1.82, 2.24) is 19.9 Å². The van der Waals surface area contributed by atoms with Crippen LogP contribution < -0.4 is 14.4 Å². The number of fused-ring (bicyclic) bond motifs is 3. The summed E-state index contributed by atoms with van der Waals surface area (Å²) in [5.74, 6) is 1.32. The lowest BCUT2D eigenvalue weighted by molar-refractivity contribution is -0.130. The monoisotopic (exact) mass is 699 g/mol. The highest BCUT2D eigenvalue weighted by Gasteiger charge is 2.50. The van der Waals surface area contributed by atoms with Crippen LogP contribution in [-0.2, 0) is 9.47 Å². The zero-order chi connectivity index (χ0) is 35.3. The Hall–Kier alpha value is -4.31. The predicted octanol–water partition coefficient (Wildman–Crippen LogP) is 6.10. The molecule has 0 amide bonds. The molecule has 2 aromatic heterocycles. The van der Waals surface area contributed by atoms with E-state index < -0.39 is 11.6 Å². The molecular weight excluding hydrogens is 656 g/mol. The van der Waals surface area contributed by atoms with Crippen molar-refractivity contribution in [3.63, 3.8) is 0 Å². The van der Waals surface area contributed by atoms with Crippen LogP contribution >= 0.6 is 0 Å². The molecule has 4 fully saturated rings. The first-order chi connectivity index (χ1) is 24.7. The number of terminal acetylenes is 1. The SMILES string of the molecule is C#Cc1c(F)ccc2cc(O)cc(-c3nc(OC)c4c(N5CCCOCC5)nc(OC[C@]56CCC[C@H]5N(CC5(C)COC5)CCC6)nc4c3F)c12. The van der Waals surface area contributed by atoms with Gasteiger partial charge in [-0.2, -0.15) is 9.97 Å². The quantitative estimate of drug-likeness (QED) is 0.217. The molecule has 8 rings (SSSR count). The summed E-state index contributed by atoms with van der Waals surface area (Å²) in [6, 6.07) is 5.93. The fourth-order valence-electron chi connectivity index (χ4n) is 8.88. The highest BCUT2D eigenvalue weighted by molar-refractivity contribution is 6.04. The Labute approximate surface area is 296 Å². The molecule has 1 N–H and O–H groups in total. The largest absolute Gasteiger partial charge is 0.508 e. The third kappa shape index (κ3) is 5.99. The third-order valence-electron chi connectivity index (χ3n) is 11.3. The van der Waals surface area contributed by atoms with Crippen LogP contribution in [0.1, 0.15) is 51.0 Å². The average Bonchev–Trinajstić information content (AvgIpc) is 3.37. The number of hydrogen-bond donors (Lipinski definition) is 1. The fourth-order valence-corrected chi connectivity index (χ4v) is 8.88.